The molecule has 6 heteroatoms. The number of anilines is 2. The van der Waals surface area contributed by atoms with Crippen molar-refractivity contribution in [2.75, 3.05) is 11.5 Å². The van der Waals surface area contributed by atoms with E-state index in [1.807, 2.05) is 24.3 Å². The number of rotatable bonds is 6. The third kappa shape index (κ3) is 3.93. The summed E-state index contributed by atoms with van der Waals surface area (Å²) in [5.74, 6) is 4.43. The molecule has 0 amide bonds. The van der Waals surface area contributed by atoms with E-state index in [4.69, 9.17) is 20.9 Å². The van der Waals surface area contributed by atoms with Gasteiger partial charge in [0.05, 0.1) is 11.4 Å². The van der Waals surface area contributed by atoms with E-state index in [-0.39, 0.29) is 16.9 Å². The first-order valence-electron chi connectivity index (χ1n) is 14.1. The number of nitrogen functional groups attached to an aromatic ring is 2. The second kappa shape index (κ2) is 9.40. The molecule has 6 N–H and O–H groups in total. The number of hydrogen-bond donors (Lipinski definition) is 4. The van der Waals surface area contributed by atoms with Crippen molar-refractivity contribution in [2.24, 2.45) is 23.7 Å². The lowest BCUT2D eigenvalue weighted by atomic mass is 9.42. The van der Waals surface area contributed by atoms with Crippen LogP contribution in [0.3, 0.4) is 0 Å². The Hall–Kier alpha value is -4.32. The molecule has 0 spiro atoms. The zero-order valence-electron chi connectivity index (χ0n) is 22.3. The molecule has 6 nitrogen and oxygen atoms in total. The van der Waals surface area contributed by atoms with Crippen LogP contribution in [-0.4, -0.2) is 10.2 Å². The van der Waals surface area contributed by atoms with Crippen LogP contribution in [0, 0.1) is 23.7 Å². The largest absolute Gasteiger partial charge is 0.504 e. The van der Waals surface area contributed by atoms with Gasteiger partial charge in [0.25, 0.3) is 0 Å². The van der Waals surface area contributed by atoms with Crippen molar-refractivity contribution in [2.45, 2.75) is 37.5 Å². The highest BCUT2D eigenvalue weighted by molar-refractivity contribution is 5.62. The maximum absolute atomic E-state index is 10.4. The molecule has 4 bridgehead atoms. The molecular weight excluding hydrogens is 500 g/mol. The summed E-state index contributed by atoms with van der Waals surface area (Å²) in [6.07, 6.45) is 6.09. The predicted molar refractivity (Wildman–Crippen MR) is 156 cm³/mol. The van der Waals surface area contributed by atoms with Gasteiger partial charge in [-0.15, -0.1) is 0 Å². The average molecular weight is 535 g/mol. The van der Waals surface area contributed by atoms with Crippen molar-refractivity contribution in [3.05, 3.63) is 96.1 Å². The average Bonchev–Trinajstić information content (AvgIpc) is 2.94. The maximum Gasteiger partial charge on any atom is 0.169 e. The Kier molecular flexibility index (Phi) is 5.81. The molecule has 4 aromatic rings. The number of ether oxygens (including phenoxy) is 2. The van der Waals surface area contributed by atoms with Crippen molar-refractivity contribution in [3.8, 4) is 34.5 Å². The van der Waals surface area contributed by atoms with Crippen LogP contribution in [0.25, 0.3) is 0 Å². The monoisotopic (exact) mass is 534 g/mol. The van der Waals surface area contributed by atoms with Gasteiger partial charge in [-0.25, -0.2) is 0 Å². The molecule has 40 heavy (non-hydrogen) atoms. The first-order chi connectivity index (χ1) is 19.4. The Morgan fingerprint density at radius 1 is 0.550 bits per heavy atom. The topological polar surface area (TPSA) is 111 Å². The lowest BCUT2D eigenvalue weighted by molar-refractivity contribution is -0.0419. The smallest absolute Gasteiger partial charge is 0.169 e. The fraction of sp³-hybridized carbons (Fsp3) is 0.294. The molecule has 204 valence electrons. The van der Waals surface area contributed by atoms with Gasteiger partial charge in [0.2, 0.25) is 0 Å². The van der Waals surface area contributed by atoms with Gasteiger partial charge in [-0.05, 0) is 115 Å². The summed E-state index contributed by atoms with van der Waals surface area (Å²) in [5, 5.41) is 20.7. The minimum absolute atomic E-state index is 0.0705. The summed E-state index contributed by atoms with van der Waals surface area (Å²) in [6, 6.07) is 26.2. The lowest BCUT2D eigenvalue weighted by Gasteiger charge is -2.62. The van der Waals surface area contributed by atoms with Gasteiger partial charge in [0.1, 0.15) is 0 Å². The van der Waals surface area contributed by atoms with Gasteiger partial charge in [-0.2, -0.15) is 0 Å². The van der Waals surface area contributed by atoms with E-state index in [1.165, 1.54) is 43.2 Å². The lowest BCUT2D eigenvalue weighted by Crippen LogP contribution is -2.56. The van der Waals surface area contributed by atoms with Crippen LogP contribution in [0.4, 0.5) is 11.4 Å². The normalized spacial score (nSPS) is 24.1. The Balaban J connectivity index is 1.37. The van der Waals surface area contributed by atoms with Gasteiger partial charge in [0.15, 0.2) is 34.5 Å². The van der Waals surface area contributed by atoms with Crippen LogP contribution >= 0.6 is 0 Å². The van der Waals surface area contributed by atoms with Crippen molar-refractivity contribution in [1.82, 2.24) is 0 Å². The van der Waals surface area contributed by atoms with E-state index in [9.17, 15) is 10.2 Å². The van der Waals surface area contributed by atoms with Crippen molar-refractivity contribution in [1.29, 1.82) is 0 Å². The summed E-state index contributed by atoms with van der Waals surface area (Å²) in [7, 11) is 0. The Morgan fingerprint density at radius 3 is 1.40 bits per heavy atom. The number of phenolic OH excluding ortho intramolecular Hbond substituents is 2. The number of phenols is 2. The van der Waals surface area contributed by atoms with Crippen molar-refractivity contribution < 1.29 is 19.7 Å². The SMILES string of the molecule is Nc1ccc(C2(c3ccc(N)c(Oc4ccccc4O)c3)C3CC4CC(C3)CC2C4)cc1Oc1ccccc1O. The summed E-state index contributed by atoms with van der Waals surface area (Å²) in [5.41, 5.74) is 16.0. The number of benzene rings is 4. The van der Waals surface area contributed by atoms with Crippen LogP contribution in [0.1, 0.15) is 43.2 Å². The van der Waals surface area contributed by atoms with Crippen LogP contribution in [0.15, 0.2) is 84.9 Å². The summed E-state index contributed by atoms with van der Waals surface area (Å²) in [6.45, 7) is 0. The van der Waals surface area contributed by atoms with Crippen LogP contribution in [-0.2, 0) is 5.41 Å². The van der Waals surface area contributed by atoms with E-state index in [2.05, 4.69) is 24.3 Å². The molecule has 4 aliphatic carbocycles. The molecular formula is C34H34N2O4. The van der Waals surface area contributed by atoms with Gasteiger partial charge in [0, 0.05) is 5.41 Å². The number of nitrogens with two attached hydrogens (primary N) is 2. The highest BCUT2D eigenvalue weighted by Gasteiger charge is 2.58. The van der Waals surface area contributed by atoms with E-state index in [1.54, 1.807) is 36.4 Å². The molecule has 0 saturated heterocycles. The first kappa shape index (κ1) is 24.7. The fourth-order valence-electron chi connectivity index (χ4n) is 8.12. The third-order valence-electron chi connectivity index (χ3n) is 9.58. The molecule has 4 saturated carbocycles. The molecule has 4 aromatic carbocycles. The van der Waals surface area contributed by atoms with Crippen molar-refractivity contribution in [3.63, 3.8) is 0 Å². The van der Waals surface area contributed by atoms with Crippen LogP contribution in [0.2, 0.25) is 0 Å². The van der Waals surface area contributed by atoms with E-state index < -0.39 is 0 Å². The second-order valence-corrected chi connectivity index (χ2v) is 11.8. The quantitative estimate of drug-likeness (QED) is 0.190. The standard InChI is InChI=1S/C34H34N2O4/c35-26-11-9-22(18-32(26)39-30-7-3-1-5-28(30)37)34(24-14-20-13-21(16-24)17-25(34)15-20)23-10-12-27(36)33(19-23)40-31-8-4-2-6-29(31)38/h1-12,18-21,24-25,37-38H,13-17,35-36H2. The molecule has 8 rings (SSSR count). The summed E-state index contributed by atoms with van der Waals surface area (Å²) < 4.78 is 12.4. The van der Waals surface area contributed by atoms with Crippen LogP contribution < -0.4 is 20.9 Å². The minimum Gasteiger partial charge on any atom is -0.504 e. The fourth-order valence-corrected chi connectivity index (χ4v) is 8.12. The molecule has 0 unspecified atom stereocenters. The van der Waals surface area contributed by atoms with Crippen molar-refractivity contribution >= 4 is 11.4 Å². The highest BCUT2D eigenvalue weighted by Crippen LogP contribution is 2.66. The molecule has 0 heterocycles. The van der Waals surface area contributed by atoms with Crippen LogP contribution in [0.5, 0.6) is 34.5 Å². The second-order valence-electron chi connectivity index (χ2n) is 11.8. The minimum atomic E-state index is -0.261. The Morgan fingerprint density at radius 2 is 0.975 bits per heavy atom. The van der Waals surface area contributed by atoms with Gasteiger partial charge < -0.3 is 31.2 Å². The van der Waals surface area contributed by atoms with Gasteiger partial charge >= 0.3 is 0 Å². The van der Waals surface area contributed by atoms with Gasteiger partial charge in [-0.3, -0.25) is 0 Å². The maximum atomic E-state index is 10.4. The molecule has 4 aliphatic rings. The van der Waals surface area contributed by atoms with E-state index >= 15 is 0 Å². The molecule has 4 fully saturated rings. The molecule has 0 atom stereocenters. The van der Waals surface area contributed by atoms with E-state index in [0.29, 0.717) is 46.2 Å². The Bertz CT molecular complexity index is 1460. The summed E-state index contributed by atoms with van der Waals surface area (Å²) >= 11 is 0. The zero-order chi connectivity index (χ0) is 27.4. The van der Waals surface area contributed by atoms with E-state index in [0.717, 1.165) is 11.8 Å². The Labute approximate surface area is 234 Å². The van der Waals surface area contributed by atoms with Gasteiger partial charge in [-0.1, -0.05) is 36.4 Å². The highest BCUT2D eigenvalue weighted by atomic mass is 16.5. The molecule has 0 aliphatic heterocycles. The number of hydrogen-bond acceptors (Lipinski definition) is 6. The predicted octanol–water partition coefficient (Wildman–Crippen LogP) is 7.59. The number of aromatic hydroxyl groups is 2. The molecule has 0 radical (unpaired) electrons. The first-order valence-corrected chi connectivity index (χ1v) is 14.1. The molecule has 0 aromatic heterocycles. The summed E-state index contributed by atoms with van der Waals surface area (Å²) in [4.78, 5) is 0. The number of para-hydroxylation sites is 4. The third-order valence-corrected chi connectivity index (χ3v) is 9.58. The zero-order valence-corrected chi connectivity index (χ0v) is 22.3.